The Labute approximate surface area is 84.2 Å². The van der Waals surface area contributed by atoms with Crippen molar-refractivity contribution in [1.82, 2.24) is 9.97 Å². The summed E-state index contributed by atoms with van der Waals surface area (Å²) in [6.07, 6.45) is 3.70. The zero-order valence-corrected chi connectivity index (χ0v) is 8.74. The average molecular weight is 270 g/mol. The minimum absolute atomic E-state index is 1.02. The van der Waals surface area contributed by atoms with E-state index in [4.69, 9.17) is 0 Å². The lowest BCUT2D eigenvalue weighted by atomic mass is 10.2. The van der Waals surface area contributed by atoms with Gasteiger partial charge in [0.05, 0.1) is 0 Å². The van der Waals surface area contributed by atoms with E-state index >= 15 is 0 Å². The van der Waals surface area contributed by atoms with Gasteiger partial charge in [0.2, 0.25) is 0 Å². The van der Waals surface area contributed by atoms with Crippen LogP contribution in [0.1, 0.15) is 5.69 Å². The molecule has 2 nitrogen and oxygen atoms in total. The summed E-state index contributed by atoms with van der Waals surface area (Å²) in [4.78, 5) is 8.41. The second kappa shape index (κ2) is 2.97. The molecule has 0 spiro atoms. The van der Waals surface area contributed by atoms with E-state index in [1.165, 1.54) is 5.39 Å². The molecule has 2 rings (SSSR count). The van der Waals surface area contributed by atoms with Gasteiger partial charge in [0.1, 0.15) is 3.70 Å². The van der Waals surface area contributed by atoms with Crippen molar-refractivity contribution in [3.8, 4) is 0 Å². The van der Waals surface area contributed by atoms with Crippen LogP contribution in [-0.4, -0.2) is 9.97 Å². The summed E-state index contributed by atoms with van der Waals surface area (Å²) in [5, 5.41) is 2.35. The van der Waals surface area contributed by atoms with E-state index in [0.717, 1.165) is 14.8 Å². The summed E-state index contributed by atoms with van der Waals surface area (Å²) in [7, 11) is 0. The number of pyridine rings is 2. The molecule has 0 aromatic carbocycles. The minimum atomic E-state index is 1.02. The van der Waals surface area contributed by atoms with Crippen molar-refractivity contribution in [3.63, 3.8) is 0 Å². The van der Waals surface area contributed by atoms with Gasteiger partial charge in [0.15, 0.2) is 0 Å². The molecule has 60 valence electrons. The van der Waals surface area contributed by atoms with E-state index in [1.807, 2.05) is 25.4 Å². The molecule has 3 heteroatoms. The van der Waals surface area contributed by atoms with Gasteiger partial charge in [-0.05, 0) is 47.0 Å². The lowest BCUT2D eigenvalue weighted by molar-refractivity contribution is 1.21. The molecule has 2 aromatic heterocycles. The van der Waals surface area contributed by atoms with E-state index in [0.29, 0.717) is 0 Å². The lowest BCUT2D eigenvalue weighted by Gasteiger charge is -1.99. The fourth-order valence-corrected chi connectivity index (χ4v) is 1.66. The van der Waals surface area contributed by atoms with Crippen LogP contribution in [-0.2, 0) is 0 Å². The third-order valence-electron chi connectivity index (χ3n) is 1.81. The summed E-state index contributed by atoms with van der Waals surface area (Å²) in [5.41, 5.74) is 1.04. The fraction of sp³-hybridized carbons (Fsp3) is 0.111. The molecule has 0 amide bonds. The monoisotopic (exact) mass is 270 g/mol. The molecular formula is C9H7IN2. The number of nitrogens with zero attached hydrogens (tertiary/aromatic N) is 2. The van der Waals surface area contributed by atoms with Crippen molar-refractivity contribution < 1.29 is 0 Å². The highest BCUT2D eigenvalue weighted by Gasteiger charge is 1.97. The summed E-state index contributed by atoms with van der Waals surface area (Å²) in [5.74, 6) is 0. The third kappa shape index (κ3) is 1.29. The van der Waals surface area contributed by atoms with Crippen LogP contribution in [0.15, 0.2) is 24.5 Å². The number of hydrogen-bond donors (Lipinski definition) is 0. The first-order chi connectivity index (χ1) is 5.77. The number of fused-ring (bicyclic) bond motifs is 1. The highest BCUT2D eigenvalue weighted by molar-refractivity contribution is 14.1. The zero-order chi connectivity index (χ0) is 8.55. The average Bonchev–Trinajstić information content (AvgIpc) is 2.04. The predicted molar refractivity (Wildman–Crippen MR) is 57.0 cm³/mol. The highest BCUT2D eigenvalue weighted by atomic mass is 127. The third-order valence-corrected chi connectivity index (χ3v) is 2.40. The van der Waals surface area contributed by atoms with Gasteiger partial charge in [0.25, 0.3) is 0 Å². The number of aromatic nitrogens is 2. The van der Waals surface area contributed by atoms with Crippen LogP contribution in [0, 0.1) is 10.6 Å². The van der Waals surface area contributed by atoms with Crippen molar-refractivity contribution in [3.05, 3.63) is 33.9 Å². The van der Waals surface area contributed by atoms with Gasteiger partial charge in [0, 0.05) is 23.5 Å². The molecule has 0 bridgehead atoms. The van der Waals surface area contributed by atoms with Crippen LogP contribution < -0.4 is 0 Å². The molecule has 0 aliphatic carbocycles. The molecule has 2 aromatic rings. The summed E-state index contributed by atoms with van der Waals surface area (Å²) >= 11 is 2.21. The Hall–Kier alpha value is -0.710. The Morgan fingerprint density at radius 1 is 1.33 bits per heavy atom. The predicted octanol–water partition coefficient (Wildman–Crippen LogP) is 2.54. The van der Waals surface area contributed by atoms with Gasteiger partial charge >= 0.3 is 0 Å². The maximum atomic E-state index is 4.21. The lowest BCUT2D eigenvalue weighted by Crippen LogP contribution is -1.86. The molecule has 0 atom stereocenters. The largest absolute Gasteiger partial charge is 0.261 e. The van der Waals surface area contributed by atoms with Crippen LogP contribution in [0.4, 0.5) is 0 Å². The van der Waals surface area contributed by atoms with Crippen LogP contribution in [0.3, 0.4) is 0 Å². The second-order valence-electron chi connectivity index (χ2n) is 2.62. The van der Waals surface area contributed by atoms with Gasteiger partial charge in [-0.1, -0.05) is 0 Å². The Bertz CT molecular complexity index is 426. The zero-order valence-electron chi connectivity index (χ0n) is 6.58. The SMILES string of the molecule is Cc1nccc2cc(I)ncc12. The van der Waals surface area contributed by atoms with E-state index in [1.54, 1.807) is 0 Å². The van der Waals surface area contributed by atoms with Crippen molar-refractivity contribution in [2.75, 3.05) is 0 Å². The molecule has 0 aliphatic heterocycles. The molecule has 0 fully saturated rings. The Morgan fingerprint density at radius 3 is 3.00 bits per heavy atom. The Kier molecular flexibility index (Phi) is 1.96. The van der Waals surface area contributed by atoms with Crippen molar-refractivity contribution in [1.29, 1.82) is 0 Å². The first kappa shape index (κ1) is 7.91. The molecule has 0 saturated carbocycles. The minimum Gasteiger partial charge on any atom is -0.261 e. The van der Waals surface area contributed by atoms with E-state index in [2.05, 4.69) is 38.6 Å². The fourth-order valence-electron chi connectivity index (χ4n) is 1.18. The first-order valence-corrected chi connectivity index (χ1v) is 4.72. The maximum absolute atomic E-state index is 4.21. The summed E-state index contributed by atoms with van der Waals surface area (Å²) in [6.45, 7) is 2.00. The van der Waals surface area contributed by atoms with E-state index < -0.39 is 0 Å². The van der Waals surface area contributed by atoms with Gasteiger partial charge in [-0.2, -0.15) is 0 Å². The molecule has 0 radical (unpaired) electrons. The Morgan fingerprint density at radius 2 is 2.17 bits per heavy atom. The molecule has 0 unspecified atom stereocenters. The van der Waals surface area contributed by atoms with Crippen molar-refractivity contribution >= 4 is 33.4 Å². The first-order valence-electron chi connectivity index (χ1n) is 3.64. The normalized spacial score (nSPS) is 10.5. The van der Waals surface area contributed by atoms with Crippen LogP contribution in [0.5, 0.6) is 0 Å². The van der Waals surface area contributed by atoms with Gasteiger partial charge in [-0.25, -0.2) is 4.98 Å². The highest BCUT2D eigenvalue weighted by Crippen LogP contribution is 2.16. The smallest absolute Gasteiger partial charge is 0.101 e. The molecule has 2 heterocycles. The standard InChI is InChI=1S/C9H7IN2/c1-6-8-5-12-9(10)4-7(8)2-3-11-6/h2-5H,1H3. The maximum Gasteiger partial charge on any atom is 0.101 e. The molecular weight excluding hydrogens is 263 g/mol. The van der Waals surface area contributed by atoms with Gasteiger partial charge < -0.3 is 0 Å². The quantitative estimate of drug-likeness (QED) is 0.543. The molecule has 12 heavy (non-hydrogen) atoms. The Balaban J connectivity index is 2.86. The van der Waals surface area contributed by atoms with Crippen LogP contribution in [0.2, 0.25) is 0 Å². The topological polar surface area (TPSA) is 25.8 Å². The number of rotatable bonds is 0. The van der Waals surface area contributed by atoms with Crippen molar-refractivity contribution in [2.45, 2.75) is 6.92 Å². The second-order valence-corrected chi connectivity index (χ2v) is 3.73. The number of halogens is 1. The van der Waals surface area contributed by atoms with Crippen molar-refractivity contribution in [2.24, 2.45) is 0 Å². The van der Waals surface area contributed by atoms with E-state index in [9.17, 15) is 0 Å². The summed E-state index contributed by atoms with van der Waals surface area (Å²) < 4.78 is 1.02. The van der Waals surface area contributed by atoms with Crippen LogP contribution in [0.25, 0.3) is 10.8 Å². The van der Waals surface area contributed by atoms with Crippen LogP contribution >= 0.6 is 22.6 Å². The van der Waals surface area contributed by atoms with E-state index in [-0.39, 0.29) is 0 Å². The molecule has 0 N–H and O–H groups in total. The van der Waals surface area contributed by atoms with Gasteiger partial charge in [-0.3, -0.25) is 4.98 Å². The number of hydrogen-bond acceptors (Lipinski definition) is 2. The summed E-state index contributed by atoms with van der Waals surface area (Å²) in [6, 6.07) is 4.07. The molecule has 0 saturated heterocycles. The van der Waals surface area contributed by atoms with Gasteiger partial charge in [-0.15, -0.1) is 0 Å². The molecule has 0 aliphatic rings. The number of aryl methyl sites for hydroxylation is 1.